The summed E-state index contributed by atoms with van der Waals surface area (Å²) in [4.78, 5) is 22.3. The van der Waals surface area contributed by atoms with E-state index in [1.54, 1.807) is 6.92 Å². The lowest BCUT2D eigenvalue weighted by Crippen LogP contribution is -2.43. The highest BCUT2D eigenvalue weighted by atomic mass is 16.4. The van der Waals surface area contributed by atoms with Crippen LogP contribution in [0.1, 0.15) is 20.8 Å². The van der Waals surface area contributed by atoms with Gasteiger partial charge in [0.1, 0.15) is 6.29 Å². The van der Waals surface area contributed by atoms with Gasteiger partial charge in [-0.15, -0.1) is 0 Å². The number of rotatable bonds is 4. The lowest BCUT2D eigenvalue weighted by atomic mass is 10.0. The number of nitrogens with zero attached hydrogens (tertiary/aromatic N) is 1. The zero-order valence-corrected chi connectivity index (χ0v) is 7.65. The summed E-state index contributed by atoms with van der Waals surface area (Å²) in [7, 11) is 0. The smallest absolute Gasteiger partial charge is 0.407 e. The fourth-order valence-electron chi connectivity index (χ4n) is 1.06. The van der Waals surface area contributed by atoms with E-state index in [-0.39, 0.29) is 5.92 Å². The summed E-state index contributed by atoms with van der Waals surface area (Å²) in [6, 6.07) is -0.521. The van der Waals surface area contributed by atoms with Gasteiger partial charge in [-0.05, 0) is 12.8 Å². The second-order valence-corrected chi connectivity index (χ2v) is 2.94. The van der Waals surface area contributed by atoms with Crippen molar-refractivity contribution in [3.63, 3.8) is 0 Å². The molecular weight excluding hydrogens is 158 g/mol. The van der Waals surface area contributed by atoms with Gasteiger partial charge in [0.05, 0.1) is 6.04 Å². The molecule has 0 radical (unpaired) electrons. The Labute approximate surface area is 72.2 Å². The van der Waals surface area contributed by atoms with Crippen molar-refractivity contribution < 1.29 is 14.7 Å². The quantitative estimate of drug-likeness (QED) is 0.650. The third-order valence-electron chi connectivity index (χ3n) is 1.77. The summed E-state index contributed by atoms with van der Waals surface area (Å²) >= 11 is 0. The van der Waals surface area contributed by atoms with Crippen LogP contribution in [0.3, 0.4) is 0 Å². The molecule has 0 aliphatic heterocycles. The molecule has 0 aromatic carbocycles. The summed E-state index contributed by atoms with van der Waals surface area (Å²) in [5, 5.41) is 8.69. The van der Waals surface area contributed by atoms with Crippen LogP contribution in [-0.2, 0) is 4.79 Å². The Kier molecular flexibility index (Phi) is 4.33. The molecule has 4 nitrogen and oxygen atoms in total. The van der Waals surface area contributed by atoms with Gasteiger partial charge in [0.2, 0.25) is 0 Å². The molecule has 4 heteroatoms. The van der Waals surface area contributed by atoms with Crippen LogP contribution in [0.4, 0.5) is 4.79 Å². The molecule has 12 heavy (non-hydrogen) atoms. The van der Waals surface area contributed by atoms with Gasteiger partial charge in [-0.1, -0.05) is 13.8 Å². The summed E-state index contributed by atoms with van der Waals surface area (Å²) in [6.07, 6.45) is -0.356. The number of hydrogen-bond donors (Lipinski definition) is 1. The number of amides is 1. The first-order valence-corrected chi connectivity index (χ1v) is 3.99. The number of carbonyl (C=O) groups is 2. The van der Waals surface area contributed by atoms with Crippen LogP contribution in [0.5, 0.6) is 0 Å². The van der Waals surface area contributed by atoms with Crippen molar-refractivity contribution >= 4 is 12.4 Å². The first-order valence-electron chi connectivity index (χ1n) is 3.99. The van der Waals surface area contributed by atoms with Gasteiger partial charge < -0.3 is 9.90 Å². The zero-order valence-electron chi connectivity index (χ0n) is 7.65. The maximum Gasteiger partial charge on any atom is 0.407 e. The maximum absolute atomic E-state index is 10.6. The molecule has 0 aliphatic rings. The molecule has 0 rings (SSSR count). The molecule has 0 spiro atoms. The predicted molar refractivity (Wildman–Crippen MR) is 45.1 cm³/mol. The van der Waals surface area contributed by atoms with Crippen molar-refractivity contribution in [2.45, 2.75) is 26.8 Å². The standard InChI is InChI=1S/C8H15NO3/c1-4-9(8(11)12)7(5-10)6(2)3/h5-7H,4H2,1-3H3,(H,11,12)/t7-/m0/s1. The van der Waals surface area contributed by atoms with Gasteiger partial charge in [-0.25, -0.2) is 4.79 Å². The second kappa shape index (κ2) is 4.74. The molecule has 1 N–H and O–H groups in total. The molecule has 0 unspecified atom stereocenters. The van der Waals surface area contributed by atoms with Crippen molar-refractivity contribution in [3.8, 4) is 0 Å². The van der Waals surface area contributed by atoms with E-state index in [1.807, 2.05) is 13.8 Å². The van der Waals surface area contributed by atoms with Gasteiger partial charge in [0.15, 0.2) is 0 Å². The third kappa shape index (κ3) is 2.53. The molecular formula is C8H15NO3. The van der Waals surface area contributed by atoms with E-state index in [1.165, 1.54) is 0 Å². The lowest BCUT2D eigenvalue weighted by molar-refractivity contribution is -0.113. The average molecular weight is 173 g/mol. The molecule has 0 aliphatic carbocycles. The van der Waals surface area contributed by atoms with Crippen LogP contribution in [0.2, 0.25) is 0 Å². The SMILES string of the molecule is CCN(C(=O)O)[C@@H](C=O)C(C)C. The second-order valence-electron chi connectivity index (χ2n) is 2.94. The molecule has 70 valence electrons. The zero-order chi connectivity index (χ0) is 9.72. The Morgan fingerprint density at radius 2 is 2.08 bits per heavy atom. The molecule has 0 heterocycles. The van der Waals surface area contributed by atoms with Crippen LogP contribution in [-0.4, -0.2) is 35.0 Å². The third-order valence-corrected chi connectivity index (χ3v) is 1.77. The number of likely N-dealkylation sites (N-methyl/N-ethyl adjacent to an activating group) is 1. The van der Waals surface area contributed by atoms with E-state index in [9.17, 15) is 9.59 Å². The van der Waals surface area contributed by atoms with Crippen molar-refractivity contribution in [1.82, 2.24) is 4.90 Å². The normalized spacial score (nSPS) is 12.7. The van der Waals surface area contributed by atoms with Gasteiger partial charge in [0, 0.05) is 6.54 Å². The van der Waals surface area contributed by atoms with Crippen molar-refractivity contribution in [2.75, 3.05) is 6.54 Å². The van der Waals surface area contributed by atoms with Crippen molar-refractivity contribution in [1.29, 1.82) is 0 Å². The molecule has 0 saturated carbocycles. The largest absolute Gasteiger partial charge is 0.465 e. The Hall–Kier alpha value is -1.06. The van der Waals surface area contributed by atoms with Gasteiger partial charge in [0.25, 0.3) is 0 Å². The van der Waals surface area contributed by atoms with Crippen LogP contribution >= 0.6 is 0 Å². The van der Waals surface area contributed by atoms with Crippen LogP contribution in [0, 0.1) is 5.92 Å². The average Bonchev–Trinajstić information content (AvgIpc) is 1.98. The van der Waals surface area contributed by atoms with Crippen LogP contribution in [0.15, 0.2) is 0 Å². The molecule has 0 aromatic rings. The van der Waals surface area contributed by atoms with E-state index >= 15 is 0 Å². The Balaban J connectivity index is 4.43. The summed E-state index contributed by atoms with van der Waals surface area (Å²) in [5.74, 6) is 0.0264. The number of hydrogen-bond acceptors (Lipinski definition) is 2. The Morgan fingerprint density at radius 3 is 2.17 bits per heavy atom. The Morgan fingerprint density at radius 1 is 1.58 bits per heavy atom. The van der Waals surface area contributed by atoms with Crippen molar-refractivity contribution in [3.05, 3.63) is 0 Å². The van der Waals surface area contributed by atoms with Crippen LogP contribution < -0.4 is 0 Å². The molecule has 0 aromatic heterocycles. The first-order chi connectivity index (χ1) is 5.54. The Bertz CT molecular complexity index is 168. The summed E-state index contributed by atoms with van der Waals surface area (Å²) in [6.45, 7) is 5.71. The number of carboxylic acid groups (broad SMARTS) is 1. The van der Waals surface area contributed by atoms with Crippen LogP contribution in [0.25, 0.3) is 0 Å². The van der Waals surface area contributed by atoms with E-state index < -0.39 is 12.1 Å². The fraction of sp³-hybridized carbons (Fsp3) is 0.750. The summed E-state index contributed by atoms with van der Waals surface area (Å²) < 4.78 is 0. The number of aldehydes is 1. The summed E-state index contributed by atoms with van der Waals surface area (Å²) in [5.41, 5.74) is 0. The number of carbonyl (C=O) groups excluding carboxylic acids is 1. The van der Waals surface area contributed by atoms with Gasteiger partial charge in [-0.2, -0.15) is 0 Å². The molecule has 1 atom stereocenters. The van der Waals surface area contributed by atoms with Gasteiger partial charge >= 0.3 is 6.09 Å². The van der Waals surface area contributed by atoms with E-state index in [2.05, 4.69) is 0 Å². The highest BCUT2D eigenvalue weighted by molar-refractivity contribution is 5.71. The van der Waals surface area contributed by atoms with E-state index in [0.29, 0.717) is 12.8 Å². The highest BCUT2D eigenvalue weighted by Gasteiger charge is 2.23. The molecule has 0 saturated heterocycles. The minimum atomic E-state index is -1.04. The molecule has 1 amide bonds. The highest BCUT2D eigenvalue weighted by Crippen LogP contribution is 2.08. The monoisotopic (exact) mass is 173 g/mol. The first kappa shape index (κ1) is 10.9. The van der Waals surface area contributed by atoms with E-state index in [4.69, 9.17) is 5.11 Å². The fourth-order valence-corrected chi connectivity index (χ4v) is 1.06. The maximum atomic E-state index is 10.6. The lowest BCUT2D eigenvalue weighted by Gasteiger charge is -2.26. The van der Waals surface area contributed by atoms with E-state index in [0.717, 1.165) is 4.90 Å². The predicted octanol–water partition coefficient (Wildman–Crippen LogP) is 1.21. The van der Waals surface area contributed by atoms with Crippen molar-refractivity contribution in [2.24, 2.45) is 5.92 Å². The van der Waals surface area contributed by atoms with Gasteiger partial charge in [-0.3, -0.25) is 4.90 Å². The molecule has 0 bridgehead atoms. The topological polar surface area (TPSA) is 57.6 Å². The minimum Gasteiger partial charge on any atom is -0.465 e. The minimum absolute atomic E-state index is 0.0264. The molecule has 0 fully saturated rings.